The first-order valence-electron chi connectivity index (χ1n) is 17.4. The molecule has 3 atom stereocenters. The van der Waals surface area contributed by atoms with Gasteiger partial charge < -0.3 is 29.7 Å². The molecular formula is C40H59N3O8. The number of carboxylic acids is 1. The third kappa shape index (κ3) is 14.5. The molecule has 0 radical (unpaired) electrons. The number of hydrogen-bond donors (Lipinski definition) is 2. The number of methoxy groups -OCH3 is 1. The summed E-state index contributed by atoms with van der Waals surface area (Å²) in [6, 6.07) is 3.72. The first kappa shape index (κ1) is 46.1. The summed E-state index contributed by atoms with van der Waals surface area (Å²) >= 11 is 0. The molecule has 0 saturated carbocycles. The number of ether oxygens (including phenoxy) is 2. The SMILES string of the molecule is C=C(C)C=C=CC(=C)N(C)C(=O)[C@@H]1CCCCN1C(=O)C(NC(=O)/C=C/c1ccc2c(c1)CC(C)(C(=O)O)O2)C(C)C.CC.CC.COC(C)=O. The Morgan fingerprint density at radius 1 is 1.10 bits per heavy atom. The highest BCUT2D eigenvalue weighted by Crippen LogP contribution is 2.36. The van der Waals surface area contributed by atoms with Gasteiger partial charge in [-0.15, -0.1) is 5.73 Å². The number of rotatable bonds is 10. The number of piperidine rings is 1. The van der Waals surface area contributed by atoms with Gasteiger partial charge in [-0.05, 0) is 74.4 Å². The zero-order valence-electron chi connectivity index (χ0n) is 32.4. The molecule has 1 fully saturated rings. The molecular weight excluding hydrogens is 650 g/mol. The van der Waals surface area contributed by atoms with Gasteiger partial charge in [0.1, 0.15) is 17.8 Å². The first-order valence-corrected chi connectivity index (χ1v) is 17.4. The normalized spacial score (nSPS) is 17.5. The van der Waals surface area contributed by atoms with Gasteiger partial charge in [0.05, 0.1) is 7.11 Å². The van der Waals surface area contributed by atoms with Gasteiger partial charge in [-0.3, -0.25) is 19.2 Å². The molecule has 0 spiro atoms. The van der Waals surface area contributed by atoms with Gasteiger partial charge in [-0.1, -0.05) is 66.3 Å². The molecule has 11 heteroatoms. The van der Waals surface area contributed by atoms with E-state index in [-0.39, 0.29) is 30.1 Å². The van der Waals surface area contributed by atoms with Crippen LogP contribution in [0.4, 0.5) is 0 Å². The van der Waals surface area contributed by atoms with Crippen LogP contribution in [0.2, 0.25) is 0 Å². The lowest BCUT2D eigenvalue weighted by Crippen LogP contribution is -2.58. The number of aliphatic carboxylic acids is 1. The zero-order valence-corrected chi connectivity index (χ0v) is 32.4. The number of esters is 1. The van der Waals surface area contributed by atoms with Crippen molar-refractivity contribution in [3.63, 3.8) is 0 Å². The number of nitrogens with one attached hydrogen (secondary N) is 1. The largest absolute Gasteiger partial charge is 0.478 e. The molecule has 2 aliphatic rings. The van der Waals surface area contributed by atoms with E-state index in [0.717, 1.165) is 24.0 Å². The summed E-state index contributed by atoms with van der Waals surface area (Å²) < 4.78 is 9.70. The maximum atomic E-state index is 13.7. The van der Waals surface area contributed by atoms with Crippen molar-refractivity contribution in [2.24, 2.45) is 5.92 Å². The van der Waals surface area contributed by atoms with E-state index in [0.29, 0.717) is 30.0 Å². The fourth-order valence-corrected chi connectivity index (χ4v) is 4.96. The van der Waals surface area contributed by atoms with Crippen molar-refractivity contribution < 1.29 is 38.6 Å². The molecule has 51 heavy (non-hydrogen) atoms. The maximum Gasteiger partial charge on any atom is 0.348 e. The average Bonchev–Trinajstić information content (AvgIpc) is 3.47. The lowest BCUT2D eigenvalue weighted by Gasteiger charge is -2.39. The Bertz CT molecular complexity index is 1490. The molecule has 1 aromatic rings. The quantitative estimate of drug-likeness (QED) is 0.122. The second-order valence-electron chi connectivity index (χ2n) is 12.2. The summed E-state index contributed by atoms with van der Waals surface area (Å²) in [6.45, 7) is 24.6. The summed E-state index contributed by atoms with van der Waals surface area (Å²) in [5.41, 5.74) is 4.34. The number of carbonyl (C=O) groups is 5. The number of amides is 3. The molecule has 2 N–H and O–H groups in total. The van der Waals surface area contributed by atoms with Crippen molar-refractivity contribution in [2.45, 2.75) is 106 Å². The summed E-state index contributed by atoms with van der Waals surface area (Å²) in [4.78, 5) is 64.3. The van der Waals surface area contributed by atoms with Crippen molar-refractivity contribution in [3.05, 3.63) is 77.7 Å². The maximum absolute atomic E-state index is 13.7. The minimum atomic E-state index is -1.32. The highest BCUT2D eigenvalue weighted by atomic mass is 16.5. The van der Waals surface area contributed by atoms with E-state index in [9.17, 15) is 29.1 Å². The van der Waals surface area contributed by atoms with Gasteiger partial charge in [0.15, 0.2) is 0 Å². The number of likely N-dealkylation sites (N-methyl/N-ethyl adjacent to an activating group) is 1. The number of benzene rings is 1. The van der Waals surface area contributed by atoms with E-state index in [1.54, 1.807) is 48.4 Å². The summed E-state index contributed by atoms with van der Waals surface area (Å²) in [5.74, 6) is -1.99. The number of allylic oxidation sites excluding steroid dienone is 2. The van der Waals surface area contributed by atoms with Crippen molar-refractivity contribution in [3.8, 4) is 5.75 Å². The summed E-state index contributed by atoms with van der Waals surface area (Å²) in [6.07, 6.45) is 8.57. The standard InChI is InChI=1S/C33H41N3O6.C3H6O2.2C2H6/c1-21(2)11-10-12-23(5)35(7)30(38)26-13-8-9-18-36(26)31(39)29(22(3)4)34-28(37)17-15-24-14-16-27-25(19-24)20-33(6,42-27)32(40)41;1-3(4)5-2;2*1-2/h11-12,14-17,19,22,26,29H,1,5,8-9,13,18,20H2,2-4,6-7H3,(H,34,37)(H,40,41);1-2H3;2*1-2H3/b17-15+;;;/t10?,26-,29?,33?;;;/m0.../s1. The van der Waals surface area contributed by atoms with E-state index in [1.165, 1.54) is 31.9 Å². The smallest absolute Gasteiger partial charge is 0.348 e. The van der Waals surface area contributed by atoms with Crippen molar-refractivity contribution >= 4 is 35.7 Å². The Morgan fingerprint density at radius 3 is 2.24 bits per heavy atom. The van der Waals surface area contributed by atoms with Crippen LogP contribution in [0.5, 0.6) is 5.75 Å². The second kappa shape index (κ2) is 22.8. The van der Waals surface area contributed by atoms with Crippen LogP contribution in [0.15, 0.2) is 66.6 Å². The van der Waals surface area contributed by atoms with Crippen LogP contribution >= 0.6 is 0 Å². The Morgan fingerprint density at radius 2 is 1.71 bits per heavy atom. The predicted molar refractivity (Wildman–Crippen MR) is 202 cm³/mol. The average molecular weight is 710 g/mol. The minimum Gasteiger partial charge on any atom is -0.478 e. The first-order chi connectivity index (χ1) is 24.0. The topological polar surface area (TPSA) is 143 Å². The highest BCUT2D eigenvalue weighted by Gasteiger charge is 2.42. The molecule has 0 aliphatic carbocycles. The van der Waals surface area contributed by atoms with Crippen molar-refractivity contribution in [2.75, 3.05) is 20.7 Å². The van der Waals surface area contributed by atoms with Crippen LogP contribution in [0.1, 0.15) is 92.7 Å². The van der Waals surface area contributed by atoms with Crippen LogP contribution in [0.3, 0.4) is 0 Å². The Balaban J connectivity index is 0.00000251. The fraction of sp³-hybridized carbons (Fsp3) is 0.500. The molecule has 2 heterocycles. The van der Waals surface area contributed by atoms with E-state index in [1.807, 2.05) is 48.5 Å². The lowest BCUT2D eigenvalue weighted by molar-refractivity contribution is -0.152. The monoisotopic (exact) mass is 709 g/mol. The lowest BCUT2D eigenvalue weighted by atomic mass is 9.96. The number of likely N-dealkylation sites (tertiary alicyclic amines) is 1. The van der Waals surface area contributed by atoms with Gasteiger partial charge >= 0.3 is 11.9 Å². The number of carboxylic acid groups (broad SMARTS) is 1. The van der Waals surface area contributed by atoms with E-state index in [2.05, 4.69) is 28.9 Å². The molecule has 3 rings (SSSR count). The summed E-state index contributed by atoms with van der Waals surface area (Å²) in [5, 5.41) is 12.3. The highest BCUT2D eigenvalue weighted by molar-refractivity contribution is 5.97. The molecule has 11 nitrogen and oxygen atoms in total. The minimum absolute atomic E-state index is 0.217. The Kier molecular flexibility index (Phi) is 20.6. The van der Waals surface area contributed by atoms with Crippen LogP contribution in [-0.4, -0.2) is 83.0 Å². The van der Waals surface area contributed by atoms with Crippen LogP contribution in [0.25, 0.3) is 6.08 Å². The van der Waals surface area contributed by atoms with Crippen molar-refractivity contribution in [1.82, 2.24) is 15.1 Å². The Hall–Kier alpha value is -4.89. The predicted octanol–water partition coefficient (Wildman–Crippen LogP) is 6.49. The molecule has 282 valence electrons. The number of fused-ring (bicyclic) bond motifs is 1. The molecule has 2 unspecified atom stereocenters. The van der Waals surface area contributed by atoms with Gasteiger partial charge in [-0.25, -0.2) is 4.79 Å². The van der Waals surface area contributed by atoms with E-state index >= 15 is 0 Å². The molecule has 0 aromatic heterocycles. The molecule has 3 amide bonds. The van der Waals surface area contributed by atoms with Crippen molar-refractivity contribution in [1.29, 1.82) is 0 Å². The molecule has 0 bridgehead atoms. The van der Waals surface area contributed by atoms with Gasteiger partial charge in [0.25, 0.3) is 0 Å². The molecule has 2 aliphatic heterocycles. The third-order valence-corrected chi connectivity index (χ3v) is 7.76. The molecule has 1 aromatic carbocycles. The van der Waals surface area contributed by atoms with Gasteiger partial charge in [0.2, 0.25) is 23.3 Å². The van der Waals surface area contributed by atoms with Gasteiger partial charge in [0, 0.05) is 44.8 Å². The van der Waals surface area contributed by atoms with Gasteiger partial charge in [-0.2, -0.15) is 0 Å². The summed E-state index contributed by atoms with van der Waals surface area (Å²) in [7, 11) is 2.98. The number of nitrogens with zero attached hydrogens (tertiary/aromatic N) is 2. The zero-order chi connectivity index (χ0) is 39.5. The second-order valence-corrected chi connectivity index (χ2v) is 12.2. The van der Waals surface area contributed by atoms with E-state index in [4.69, 9.17) is 4.74 Å². The van der Waals surface area contributed by atoms with Crippen LogP contribution in [0, 0.1) is 5.92 Å². The third-order valence-electron chi connectivity index (χ3n) is 7.76. The molecule has 1 saturated heterocycles. The van der Waals surface area contributed by atoms with Crippen LogP contribution < -0.4 is 10.1 Å². The number of carbonyl (C=O) groups excluding carboxylic acids is 4. The van der Waals surface area contributed by atoms with E-state index < -0.39 is 29.6 Å². The fourth-order valence-electron chi connectivity index (χ4n) is 4.96. The van der Waals surface area contributed by atoms with Crippen LogP contribution in [-0.2, 0) is 35.1 Å². The number of hydrogen-bond acceptors (Lipinski definition) is 7. The Labute approximate surface area is 304 Å².